The molecule has 0 N–H and O–H groups in total. The number of nitro benzene ring substituents is 1. The van der Waals surface area contributed by atoms with Crippen molar-refractivity contribution >= 4 is 5.69 Å². The van der Waals surface area contributed by atoms with Crippen LogP contribution in [0.15, 0.2) is 12.1 Å². The molecule has 0 aromatic heterocycles. The van der Waals surface area contributed by atoms with Gasteiger partial charge >= 0.3 is 12.3 Å². The Hall–Kier alpha value is -1.86. The van der Waals surface area contributed by atoms with Crippen LogP contribution >= 0.6 is 0 Å². The second-order valence-electron chi connectivity index (χ2n) is 2.37. The van der Waals surface area contributed by atoms with Crippen LogP contribution in [-0.4, -0.2) is 11.5 Å². The Morgan fingerprint density at radius 3 is 2.40 bits per heavy atom. The monoisotopic (exact) mass is 225 g/mol. The molecule has 15 heavy (non-hydrogen) atoms. The van der Waals surface area contributed by atoms with E-state index in [2.05, 4.69) is 4.74 Å². The van der Waals surface area contributed by atoms with Gasteiger partial charge in [-0.15, -0.1) is 0 Å². The summed E-state index contributed by atoms with van der Waals surface area (Å²) in [5, 5.41) is 10.2. The number of alkyl halides is 2. The first kappa shape index (κ1) is 11.2. The van der Waals surface area contributed by atoms with Crippen molar-refractivity contribution in [2.45, 2.75) is 6.61 Å². The number of hydrogen-bond acceptors (Lipinski definition) is 3. The lowest BCUT2D eigenvalue weighted by Gasteiger charge is -2.04. The highest BCUT2D eigenvalue weighted by atomic mass is 19.3. The molecule has 0 heterocycles. The van der Waals surface area contributed by atoms with Gasteiger partial charge in [-0.3, -0.25) is 10.1 Å². The van der Waals surface area contributed by atoms with Gasteiger partial charge in [0.25, 0.3) is 0 Å². The van der Waals surface area contributed by atoms with E-state index in [0.29, 0.717) is 12.1 Å². The topological polar surface area (TPSA) is 52.4 Å². The Morgan fingerprint density at radius 2 is 1.93 bits per heavy atom. The lowest BCUT2D eigenvalue weighted by atomic mass is 10.3. The predicted octanol–water partition coefficient (Wildman–Crippen LogP) is 2.47. The molecule has 0 radical (unpaired) electrons. The van der Waals surface area contributed by atoms with Crippen LogP contribution in [0.2, 0.25) is 0 Å². The van der Waals surface area contributed by atoms with Crippen molar-refractivity contribution in [2.24, 2.45) is 0 Å². The van der Waals surface area contributed by atoms with E-state index in [1.807, 2.05) is 0 Å². The SMILES string of the molecule is O=[N+]([O-])c1cc(OC(F)F)cc(F)c1F. The van der Waals surface area contributed by atoms with E-state index in [-0.39, 0.29) is 0 Å². The van der Waals surface area contributed by atoms with Gasteiger partial charge in [-0.25, -0.2) is 4.39 Å². The van der Waals surface area contributed by atoms with Gasteiger partial charge in [0, 0.05) is 6.07 Å². The van der Waals surface area contributed by atoms with Gasteiger partial charge in [0.2, 0.25) is 5.82 Å². The highest BCUT2D eigenvalue weighted by Crippen LogP contribution is 2.27. The fourth-order valence-electron chi connectivity index (χ4n) is 0.854. The largest absolute Gasteiger partial charge is 0.434 e. The van der Waals surface area contributed by atoms with Crippen molar-refractivity contribution in [1.29, 1.82) is 0 Å². The van der Waals surface area contributed by atoms with Crippen LogP contribution in [0, 0.1) is 21.7 Å². The molecule has 1 aromatic rings. The number of rotatable bonds is 3. The summed E-state index contributed by atoms with van der Waals surface area (Å²) in [5.74, 6) is -4.16. The standard InChI is InChI=1S/C7H3F4NO3/c8-4-1-3(15-7(10)11)2-5(6(4)9)12(13)14/h1-2,7H. The zero-order valence-electron chi connectivity index (χ0n) is 6.92. The maximum absolute atomic E-state index is 12.7. The van der Waals surface area contributed by atoms with Gasteiger partial charge < -0.3 is 4.74 Å². The van der Waals surface area contributed by atoms with Crippen LogP contribution in [0.1, 0.15) is 0 Å². The van der Waals surface area contributed by atoms with E-state index >= 15 is 0 Å². The highest BCUT2D eigenvalue weighted by Gasteiger charge is 2.21. The van der Waals surface area contributed by atoms with Gasteiger partial charge in [0.1, 0.15) is 5.75 Å². The van der Waals surface area contributed by atoms with Crippen molar-refractivity contribution in [3.63, 3.8) is 0 Å². The molecule has 0 saturated heterocycles. The second kappa shape index (κ2) is 4.11. The minimum absolute atomic E-state index is 0.300. The Bertz CT molecular complexity index is 396. The van der Waals surface area contributed by atoms with Gasteiger partial charge in [0.15, 0.2) is 5.82 Å². The Morgan fingerprint density at radius 1 is 1.33 bits per heavy atom. The first-order chi connectivity index (χ1) is 6.91. The predicted molar refractivity (Wildman–Crippen MR) is 39.6 cm³/mol. The molecule has 8 heteroatoms. The van der Waals surface area contributed by atoms with Crippen LogP contribution in [0.25, 0.3) is 0 Å². The van der Waals surface area contributed by atoms with Crippen molar-refractivity contribution in [1.82, 2.24) is 0 Å². The normalized spacial score (nSPS) is 10.5. The molecule has 0 spiro atoms. The average Bonchev–Trinajstić information content (AvgIpc) is 2.09. The Balaban J connectivity index is 3.17. The smallest absolute Gasteiger partial charge is 0.387 e. The molecule has 1 aromatic carbocycles. The quantitative estimate of drug-likeness (QED) is 0.451. The summed E-state index contributed by atoms with van der Waals surface area (Å²) in [6.45, 7) is -3.27. The third kappa shape index (κ3) is 2.55. The van der Waals surface area contributed by atoms with Crippen LogP contribution < -0.4 is 4.74 Å². The zero-order valence-corrected chi connectivity index (χ0v) is 6.92. The lowest BCUT2D eigenvalue weighted by Crippen LogP contribution is -2.04. The van der Waals surface area contributed by atoms with Crippen molar-refractivity contribution < 1.29 is 27.2 Å². The van der Waals surface area contributed by atoms with Crippen LogP contribution in [-0.2, 0) is 0 Å². The second-order valence-corrected chi connectivity index (χ2v) is 2.37. The van der Waals surface area contributed by atoms with E-state index < -0.39 is 34.6 Å². The van der Waals surface area contributed by atoms with Crippen molar-refractivity contribution in [3.8, 4) is 5.75 Å². The molecule has 4 nitrogen and oxygen atoms in total. The summed E-state index contributed by atoms with van der Waals surface area (Å²) in [4.78, 5) is 8.93. The minimum Gasteiger partial charge on any atom is -0.434 e. The number of ether oxygens (including phenoxy) is 1. The molecule has 0 aliphatic rings. The van der Waals surface area contributed by atoms with Crippen molar-refractivity contribution in [3.05, 3.63) is 33.9 Å². The molecule has 0 aliphatic carbocycles. The number of halogens is 4. The molecule has 0 aliphatic heterocycles. The van der Waals surface area contributed by atoms with Crippen LogP contribution in [0.5, 0.6) is 5.75 Å². The van der Waals surface area contributed by atoms with Gasteiger partial charge in [0.05, 0.1) is 11.0 Å². The number of benzene rings is 1. The molecule has 0 bridgehead atoms. The van der Waals surface area contributed by atoms with E-state index in [1.54, 1.807) is 0 Å². The van der Waals surface area contributed by atoms with E-state index in [9.17, 15) is 27.7 Å². The van der Waals surface area contributed by atoms with Gasteiger partial charge in [-0.05, 0) is 0 Å². The lowest BCUT2D eigenvalue weighted by molar-refractivity contribution is -0.387. The summed E-state index contributed by atoms with van der Waals surface area (Å²) in [6, 6.07) is 0.680. The first-order valence-corrected chi connectivity index (χ1v) is 3.50. The summed E-state index contributed by atoms with van der Waals surface area (Å²) in [6.07, 6.45) is 0. The van der Waals surface area contributed by atoms with Gasteiger partial charge in [-0.1, -0.05) is 0 Å². The molecule has 1 rings (SSSR count). The van der Waals surface area contributed by atoms with E-state index in [1.165, 1.54) is 0 Å². The molecular weight excluding hydrogens is 222 g/mol. The Labute approximate surface area is 80.2 Å². The van der Waals surface area contributed by atoms with Crippen molar-refractivity contribution in [2.75, 3.05) is 0 Å². The highest BCUT2D eigenvalue weighted by molar-refractivity contribution is 5.40. The summed E-state index contributed by atoms with van der Waals surface area (Å²) >= 11 is 0. The Kier molecular flexibility index (Phi) is 3.08. The number of hydrogen-bond donors (Lipinski definition) is 0. The molecule has 0 atom stereocenters. The number of nitro groups is 1. The summed E-state index contributed by atoms with van der Waals surface area (Å²) < 4.78 is 52.4. The molecule has 0 saturated carbocycles. The minimum atomic E-state index is -3.27. The van der Waals surface area contributed by atoms with E-state index in [4.69, 9.17) is 0 Å². The summed E-state index contributed by atoms with van der Waals surface area (Å²) in [7, 11) is 0. The van der Waals surface area contributed by atoms with Gasteiger partial charge in [-0.2, -0.15) is 13.2 Å². The third-order valence-corrected chi connectivity index (χ3v) is 1.40. The molecule has 0 amide bonds. The maximum Gasteiger partial charge on any atom is 0.387 e. The fraction of sp³-hybridized carbons (Fsp3) is 0.143. The molecule has 82 valence electrons. The summed E-state index contributed by atoms with van der Waals surface area (Å²) in [5.41, 5.74) is -1.26. The van der Waals surface area contributed by atoms with Crippen LogP contribution in [0.4, 0.5) is 23.2 Å². The molecule has 0 unspecified atom stereocenters. The zero-order chi connectivity index (χ0) is 11.6. The van der Waals surface area contributed by atoms with Crippen LogP contribution in [0.3, 0.4) is 0 Å². The third-order valence-electron chi connectivity index (χ3n) is 1.40. The maximum atomic E-state index is 12.7. The first-order valence-electron chi connectivity index (χ1n) is 3.50. The fourth-order valence-corrected chi connectivity index (χ4v) is 0.854. The molecule has 0 fully saturated rings. The average molecular weight is 225 g/mol. The number of nitrogens with zero attached hydrogens (tertiary/aromatic N) is 1. The molecular formula is C7H3F4NO3. The van der Waals surface area contributed by atoms with E-state index in [0.717, 1.165) is 0 Å².